The van der Waals surface area contributed by atoms with Crippen molar-refractivity contribution in [3.63, 3.8) is 0 Å². The lowest BCUT2D eigenvalue weighted by atomic mass is 10.1. The topological polar surface area (TPSA) is 67.3 Å². The molecule has 2 aromatic heterocycles. The average molecular weight is 317 g/mol. The van der Waals surface area contributed by atoms with Crippen LogP contribution in [-0.2, 0) is 6.42 Å². The van der Waals surface area contributed by atoms with Gasteiger partial charge in [-0.1, -0.05) is 25.4 Å². The molecule has 2 heterocycles. The van der Waals surface area contributed by atoms with Crippen LogP contribution in [0, 0.1) is 5.92 Å². The maximum absolute atomic E-state index is 6.06. The largest absolute Gasteiger partial charge is 0.230 e. The monoisotopic (exact) mass is 315 g/mol. The Morgan fingerprint density at radius 3 is 2.76 bits per heavy atom. The summed E-state index contributed by atoms with van der Waals surface area (Å²) in [5.41, 5.74) is 1.47. The normalized spacial score (nSPS) is 11.1. The Balaban J connectivity index is 2.46. The van der Waals surface area contributed by atoms with Crippen LogP contribution in [-0.4, -0.2) is 25.4 Å². The quantitative estimate of drug-likeness (QED) is 0.884. The predicted octanol–water partition coefficient (Wildman–Crippen LogP) is 2.88. The molecule has 0 aromatic carbocycles. The van der Waals surface area contributed by atoms with Crippen molar-refractivity contribution in [2.75, 3.05) is 0 Å². The molecule has 0 atom stereocenters. The second-order valence-corrected chi connectivity index (χ2v) is 5.20. The van der Waals surface area contributed by atoms with Crippen LogP contribution in [0.25, 0.3) is 11.5 Å². The number of aromatic amines is 1. The molecule has 17 heavy (non-hydrogen) atoms. The van der Waals surface area contributed by atoms with E-state index < -0.39 is 0 Å². The molecule has 0 aliphatic carbocycles. The minimum atomic E-state index is 0.397. The lowest BCUT2D eigenvalue weighted by Gasteiger charge is -2.08. The minimum Gasteiger partial charge on any atom is -0.230 e. The molecule has 2 rings (SSSR count). The zero-order valence-corrected chi connectivity index (χ0v) is 11.7. The maximum atomic E-state index is 6.06. The van der Waals surface area contributed by atoms with Crippen LogP contribution in [0.3, 0.4) is 0 Å². The van der Waals surface area contributed by atoms with Crippen molar-refractivity contribution in [2.45, 2.75) is 20.3 Å². The highest BCUT2D eigenvalue weighted by Crippen LogP contribution is 2.27. The summed E-state index contributed by atoms with van der Waals surface area (Å²) in [6, 6.07) is 0. The summed E-state index contributed by atoms with van der Waals surface area (Å²) in [7, 11) is 0. The van der Waals surface area contributed by atoms with Crippen LogP contribution in [0.5, 0.6) is 0 Å². The first-order valence-corrected chi connectivity index (χ1v) is 6.33. The van der Waals surface area contributed by atoms with Gasteiger partial charge in [-0.05, 0) is 28.3 Å². The summed E-state index contributed by atoms with van der Waals surface area (Å²) in [5.74, 6) is 0.977. The first-order valence-electron chi connectivity index (χ1n) is 5.16. The number of nitrogens with zero attached hydrogens (tertiary/aromatic N) is 4. The van der Waals surface area contributed by atoms with E-state index in [4.69, 9.17) is 11.6 Å². The van der Waals surface area contributed by atoms with Gasteiger partial charge in [0.05, 0.1) is 16.4 Å². The number of hydrogen-bond donors (Lipinski definition) is 1. The molecule has 0 bridgehead atoms. The number of hydrogen-bond acceptors (Lipinski definition) is 4. The van der Waals surface area contributed by atoms with Gasteiger partial charge in [-0.3, -0.25) is 0 Å². The SMILES string of the molecule is CC(C)Cc1nc(-c2cn[nH]n2)nc(Cl)c1Br. The Hall–Kier alpha value is -1.01. The third-order valence-corrected chi connectivity index (χ3v) is 3.46. The summed E-state index contributed by atoms with van der Waals surface area (Å²) in [6.45, 7) is 4.25. The van der Waals surface area contributed by atoms with Crippen LogP contribution in [0.1, 0.15) is 19.5 Å². The van der Waals surface area contributed by atoms with Crippen molar-refractivity contribution in [3.05, 3.63) is 21.5 Å². The van der Waals surface area contributed by atoms with E-state index in [0.717, 1.165) is 16.6 Å². The van der Waals surface area contributed by atoms with Gasteiger partial charge in [0.2, 0.25) is 0 Å². The van der Waals surface area contributed by atoms with Gasteiger partial charge in [0.15, 0.2) is 5.82 Å². The van der Waals surface area contributed by atoms with Crippen molar-refractivity contribution in [3.8, 4) is 11.5 Å². The molecule has 0 radical (unpaired) electrons. The van der Waals surface area contributed by atoms with Gasteiger partial charge in [-0.2, -0.15) is 15.4 Å². The number of nitrogens with one attached hydrogen (secondary N) is 1. The standard InChI is InChI=1S/C10H11BrClN5/c1-5(2)3-6-8(11)9(12)15-10(14-6)7-4-13-17-16-7/h4-5H,3H2,1-2H3,(H,13,16,17). The van der Waals surface area contributed by atoms with Crippen LogP contribution < -0.4 is 0 Å². The molecule has 0 spiro atoms. The van der Waals surface area contributed by atoms with Crippen molar-refractivity contribution in [1.82, 2.24) is 25.4 Å². The summed E-state index contributed by atoms with van der Waals surface area (Å²) in [4.78, 5) is 8.62. The molecular formula is C10H11BrClN5. The number of aromatic nitrogens is 5. The molecule has 90 valence electrons. The van der Waals surface area contributed by atoms with Crippen LogP contribution in [0.4, 0.5) is 0 Å². The molecule has 1 N–H and O–H groups in total. The fraction of sp³-hybridized carbons (Fsp3) is 0.400. The van der Waals surface area contributed by atoms with E-state index in [1.807, 2.05) is 0 Å². The van der Waals surface area contributed by atoms with Gasteiger partial charge in [0, 0.05) is 0 Å². The summed E-state index contributed by atoms with van der Waals surface area (Å²) in [6.07, 6.45) is 2.40. The molecule has 2 aromatic rings. The third-order valence-electron chi connectivity index (χ3n) is 2.13. The average Bonchev–Trinajstić information content (AvgIpc) is 2.77. The van der Waals surface area contributed by atoms with Crippen molar-refractivity contribution in [2.24, 2.45) is 5.92 Å². The summed E-state index contributed by atoms with van der Waals surface area (Å²) >= 11 is 9.47. The third kappa shape index (κ3) is 2.81. The minimum absolute atomic E-state index is 0.397. The van der Waals surface area contributed by atoms with E-state index in [9.17, 15) is 0 Å². The molecule has 0 amide bonds. The van der Waals surface area contributed by atoms with Crippen LogP contribution >= 0.6 is 27.5 Å². The molecular weight excluding hydrogens is 306 g/mol. The zero-order valence-electron chi connectivity index (χ0n) is 9.41. The molecule has 7 heteroatoms. The fourth-order valence-corrected chi connectivity index (χ4v) is 1.94. The van der Waals surface area contributed by atoms with Crippen LogP contribution in [0.2, 0.25) is 5.15 Å². The van der Waals surface area contributed by atoms with E-state index >= 15 is 0 Å². The van der Waals surface area contributed by atoms with Crippen molar-refractivity contribution in [1.29, 1.82) is 0 Å². The van der Waals surface area contributed by atoms with Gasteiger partial charge in [0.1, 0.15) is 10.8 Å². The highest BCUT2D eigenvalue weighted by Gasteiger charge is 2.14. The Bertz CT molecular complexity index is 512. The smallest absolute Gasteiger partial charge is 0.183 e. The number of H-pyrrole nitrogens is 1. The summed E-state index contributed by atoms with van der Waals surface area (Å²) in [5, 5.41) is 10.6. The maximum Gasteiger partial charge on any atom is 0.183 e. The molecule has 5 nitrogen and oxygen atoms in total. The van der Waals surface area contributed by atoms with E-state index in [0.29, 0.717) is 22.6 Å². The van der Waals surface area contributed by atoms with E-state index in [-0.39, 0.29) is 0 Å². The van der Waals surface area contributed by atoms with E-state index in [1.54, 1.807) is 6.20 Å². The second-order valence-electron chi connectivity index (χ2n) is 4.05. The fourth-order valence-electron chi connectivity index (χ4n) is 1.41. The lowest BCUT2D eigenvalue weighted by molar-refractivity contribution is 0.632. The van der Waals surface area contributed by atoms with Gasteiger partial charge >= 0.3 is 0 Å². The van der Waals surface area contributed by atoms with Gasteiger partial charge in [-0.15, -0.1) is 0 Å². The molecule has 0 fully saturated rings. The molecule has 0 aliphatic rings. The van der Waals surface area contributed by atoms with E-state index in [1.165, 1.54) is 0 Å². The zero-order chi connectivity index (χ0) is 12.4. The number of rotatable bonds is 3. The highest BCUT2D eigenvalue weighted by molar-refractivity contribution is 9.10. The van der Waals surface area contributed by atoms with Crippen molar-refractivity contribution < 1.29 is 0 Å². The van der Waals surface area contributed by atoms with Crippen LogP contribution in [0.15, 0.2) is 10.7 Å². The van der Waals surface area contributed by atoms with Gasteiger partial charge < -0.3 is 0 Å². The molecule has 0 unspecified atom stereocenters. The van der Waals surface area contributed by atoms with Gasteiger partial charge in [-0.25, -0.2) is 9.97 Å². The Morgan fingerprint density at radius 2 is 2.18 bits per heavy atom. The Labute approximate surface area is 112 Å². The highest BCUT2D eigenvalue weighted by atomic mass is 79.9. The van der Waals surface area contributed by atoms with E-state index in [2.05, 4.69) is 55.2 Å². The lowest BCUT2D eigenvalue weighted by Crippen LogP contribution is -2.02. The molecule has 0 aliphatic heterocycles. The summed E-state index contributed by atoms with van der Waals surface area (Å²) < 4.78 is 0.750. The second kappa shape index (κ2) is 5.10. The van der Waals surface area contributed by atoms with Gasteiger partial charge in [0.25, 0.3) is 0 Å². The first kappa shape index (κ1) is 12.4. The molecule has 0 saturated heterocycles. The number of halogens is 2. The Kier molecular flexibility index (Phi) is 3.73. The van der Waals surface area contributed by atoms with Crippen molar-refractivity contribution >= 4 is 27.5 Å². The first-order chi connectivity index (χ1) is 8.08. The Morgan fingerprint density at radius 1 is 1.41 bits per heavy atom. The predicted molar refractivity (Wildman–Crippen MR) is 68.7 cm³/mol. The molecule has 0 saturated carbocycles.